The summed E-state index contributed by atoms with van der Waals surface area (Å²) in [5.74, 6) is 0. The fourth-order valence-electron chi connectivity index (χ4n) is 3.68. The molecule has 0 aliphatic rings. The number of halogens is 1. The van der Waals surface area contributed by atoms with Crippen molar-refractivity contribution in [3.05, 3.63) is 107 Å². The highest BCUT2D eigenvalue weighted by atomic mass is 35.5. The topological polar surface area (TPSA) is 30.7 Å². The summed E-state index contributed by atoms with van der Waals surface area (Å²) < 4.78 is 2.10. The van der Waals surface area contributed by atoms with Crippen LogP contribution in [0.3, 0.4) is 0 Å². The summed E-state index contributed by atoms with van der Waals surface area (Å²) in [4.78, 5) is 9.09. The molecule has 0 bridgehead atoms. The standard InChI is InChI=1S/C25H24ClN3/c1-17-6-4-8-21(10-17)24(26)23-14-27-16-29(23)15-20-12-19(3)25(28-13-20)22-9-5-7-18(2)11-22/h4-14,16,24H,15H2,1-3H3. The number of alkyl halides is 1. The number of hydrogen-bond donors (Lipinski definition) is 0. The normalized spacial score (nSPS) is 12.1. The Labute approximate surface area is 177 Å². The van der Waals surface area contributed by atoms with Crippen LogP contribution >= 0.6 is 11.6 Å². The number of imidazole rings is 1. The molecule has 1 unspecified atom stereocenters. The van der Waals surface area contributed by atoms with E-state index in [0.717, 1.165) is 33.6 Å². The minimum absolute atomic E-state index is 0.238. The fourth-order valence-corrected chi connectivity index (χ4v) is 4.00. The van der Waals surface area contributed by atoms with Crippen LogP contribution in [0.2, 0.25) is 0 Å². The van der Waals surface area contributed by atoms with Crippen LogP contribution in [-0.2, 0) is 6.54 Å². The molecule has 146 valence electrons. The lowest BCUT2D eigenvalue weighted by Gasteiger charge is -2.15. The van der Waals surface area contributed by atoms with E-state index in [1.54, 1.807) is 0 Å². The van der Waals surface area contributed by atoms with Gasteiger partial charge in [-0.3, -0.25) is 4.98 Å². The quantitative estimate of drug-likeness (QED) is 0.370. The third-order valence-corrected chi connectivity index (χ3v) is 5.59. The molecule has 29 heavy (non-hydrogen) atoms. The van der Waals surface area contributed by atoms with Gasteiger partial charge in [0.05, 0.1) is 24.3 Å². The van der Waals surface area contributed by atoms with Crippen molar-refractivity contribution >= 4 is 11.6 Å². The Hall–Kier alpha value is -2.91. The van der Waals surface area contributed by atoms with Crippen LogP contribution in [0, 0.1) is 20.8 Å². The maximum absolute atomic E-state index is 6.79. The average molecular weight is 402 g/mol. The van der Waals surface area contributed by atoms with Crippen molar-refractivity contribution < 1.29 is 0 Å². The Morgan fingerprint density at radius 3 is 2.41 bits per heavy atom. The molecule has 0 aliphatic heterocycles. The summed E-state index contributed by atoms with van der Waals surface area (Å²) in [5, 5.41) is -0.238. The molecule has 0 saturated carbocycles. The third kappa shape index (κ3) is 4.25. The predicted molar refractivity (Wildman–Crippen MR) is 119 cm³/mol. The zero-order valence-corrected chi connectivity index (χ0v) is 17.7. The highest BCUT2D eigenvalue weighted by Gasteiger charge is 2.16. The van der Waals surface area contributed by atoms with Crippen molar-refractivity contribution in [2.45, 2.75) is 32.7 Å². The first-order chi connectivity index (χ1) is 14.0. The second-order valence-corrected chi connectivity index (χ2v) is 8.04. The van der Waals surface area contributed by atoms with Crippen molar-refractivity contribution in [2.24, 2.45) is 0 Å². The molecule has 4 aromatic rings. The summed E-state index contributed by atoms with van der Waals surface area (Å²) >= 11 is 6.79. The van der Waals surface area contributed by atoms with Crippen LogP contribution in [0.4, 0.5) is 0 Å². The molecule has 0 amide bonds. The Balaban J connectivity index is 1.59. The van der Waals surface area contributed by atoms with E-state index in [0.29, 0.717) is 6.54 Å². The molecule has 0 saturated heterocycles. The molecule has 4 rings (SSSR count). The number of hydrogen-bond acceptors (Lipinski definition) is 2. The van der Waals surface area contributed by atoms with Gasteiger partial charge in [0, 0.05) is 18.0 Å². The van der Waals surface area contributed by atoms with E-state index in [4.69, 9.17) is 16.6 Å². The lowest BCUT2D eigenvalue weighted by atomic mass is 10.0. The Morgan fingerprint density at radius 2 is 1.69 bits per heavy atom. The fraction of sp³-hybridized carbons (Fsp3) is 0.200. The monoisotopic (exact) mass is 401 g/mol. The molecule has 0 aliphatic carbocycles. The number of pyridine rings is 1. The van der Waals surface area contributed by atoms with Gasteiger partial charge >= 0.3 is 0 Å². The van der Waals surface area contributed by atoms with Crippen LogP contribution in [0.1, 0.15) is 38.9 Å². The van der Waals surface area contributed by atoms with Gasteiger partial charge in [-0.15, -0.1) is 11.6 Å². The molecule has 3 nitrogen and oxygen atoms in total. The van der Waals surface area contributed by atoms with Gasteiger partial charge in [0.1, 0.15) is 5.38 Å². The zero-order valence-electron chi connectivity index (χ0n) is 16.9. The molecule has 2 aromatic heterocycles. The first kappa shape index (κ1) is 19.4. The predicted octanol–water partition coefficient (Wildman–Crippen LogP) is 6.25. The van der Waals surface area contributed by atoms with Crippen LogP contribution in [0.25, 0.3) is 11.3 Å². The van der Waals surface area contributed by atoms with E-state index in [-0.39, 0.29) is 5.38 Å². The largest absolute Gasteiger partial charge is 0.328 e. The van der Waals surface area contributed by atoms with Gasteiger partial charge in [-0.25, -0.2) is 4.98 Å². The summed E-state index contributed by atoms with van der Waals surface area (Å²) in [5.41, 5.74) is 8.97. The molecule has 4 heteroatoms. The van der Waals surface area contributed by atoms with Gasteiger partial charge in [-0.2, -0.15) is 0 Å². The van der Waals surface area contributed by atoms with Gasteiger partial charge in [-0.1, -0.05) is 59.7 Å². The summed E-state index contributed by atoms with van der Waals surface area (Å²) in [6, 6.07) is 18.9. The van der Waals surface area contributed by atoms with E-state index in [1.165, 1.54) is 11.1 Å². The minimum atomic E-state index is -0.238. The number of nitrogens with zero attached hydrogens (tertiary/aromatic N) is 3. The molecule has 0 spiro atoms. The Morgan fingerprint density at radius 1 is 0.931 bits per heavy atom. The molecule has 2 heterocycles. The highest BCUT2D eigenvalue weighted by molar-refractivity contribution is 6.22. The first-order valence-electron chi connectivity index (χ1n) is 9.74. The smallest absolute Gasteiger partial charge is 0.100 e. The van der Waals surface area contributed by atoms with Crippen molar-refractivity contribution in [2.75, 3.05) is 0 Å². The van der Waals surface area contributed by atoms with Crippen molar-refractivity contribution in [3.63, 3.8) is 0 Å². The number of aryl methyl sites for hydroxylation is 3. The summed E-state index contributed by atoms with van der Waals surface area (Å²) in [6.45, 7) is 6.98. The van der Waals surface area contributed by atoms with Gasteiger partial charge in [0.15, 0.2) is 0 Å². The van der Waals surface area contributed by atoms with E-state index in [2.05, 4.69) is 78.9 Å². The molecular weight excluding hydrogens is 378 g/mol. The number of aromatic nitrogens is 3. The number of rotatable bonds is 5. The van der Waals surface area contributed by atoms with Gasteiger partial charge in [-0.05, 0) is 43.5 Å². The molecule has 0 N–H and O–H groups in total. The summed E-state index contributed by atoms with van der Waals surface area (Å²) in [7, 11) is 0. The van der Waals surface area contributed by atoms with E-state index in [9.17, 15) is 0 Å². The summed E-state index contributed by atoms with van der Waals surface area (Å²) in [6.07, 6.45) is 5.63. The Bertz CT molecular complexity index is 1150. The van der Waals surface area contributed by atoms with Crippen LogP contribution in [0.5, 0.6) is 0 Å². The second kappa shape index (κ2) is 8.22. The SMILES string of the molecule is Cc1cccc(-c2ncc(Cn3cncc3C(Cl)c3cccc(C)c3)cc2C)c1. The van der Waals surface area contributed by atoms with Crippen LogP contribution in [-0.4, -0.2) is 14.5 Å². The van der Waals surface area contributed by atoms with Crippen molar-refractivity contribution in [1.29, 1.82) is 0 Å². The number of benzene rings is 2. The van der Waals surface area contributed by atoms with E-state index >= 15 is 0 Å². The second-order valence-electron chi connectivity index (χ2n) is 7.60. The maximum atomic E-state index is 6.79. The molecule has 1 atom stereocenters. The molecule has 0 fully saturated rings. The van der Waals surface area contributed by atoms with Gasteiger partial charge in [0.25, 0.3) is 0 Å². The highest BCUT2D eigenvalue weighted by Crippen LogP contribution is 2.30. The third-order valence-electron chi connectivity index (χ3n) is 5.12. The molecule has 0 radical (unpaired) electrons. The molecular formula is C25H24ClN3. The average Bonchev–Trinajstić information content (AvgIpc) is 3.15. The first-order valence-corrected chi connectivity index (χ1v) is 10.2. The van der Waals surface area contributed by atoms with Crippen molar-refractivity contribution in [3.8, 4) is 11.3 Å². The Kier molecular flexibility index (Phi) is 5.50. The maximum Gasteiger partial charge on any atom is 0.100 e. The van der Waals surface area contributed by atoms with E-state index in [1.807, 2.05) is 24.8 Å². The van der Waals surface area contributed by atoms with Gasteiger partial charge < -0.3 is 4.57 Å². The lowest BCUT2D eigenvalue weighted by Crippen LogP contribution is -2.07. The van der Waals surface area contributed by atoms with Crippen LogP contribution in [0.15, 0.2) is 73.3 Å². The zero-order chi connectivity index (χ0) is 20.4. The van der Waals surface area contributed by atoms with Crippen molar-refractivity contribution in [1.82, 2.24) is 14.5 Å². The van der Waals surface area contributed by atoms with E-state index < -0.39 is 0 Å². The molecule has 2 aromatic carbocycles. The lowest BCUT2D eigenvalue weighted by molar-refractivity contribution is 0.744. The van der Waals surface area contributed by atoms with Gasteiger partial charge in [0.2, 0.25) is 0 Å². The minimum Gasteiger partial charge on any atom is -0.328 e. The van der Waals surface area contributed by atoms with Crippen LogP contribution < -0.4 is 0 Å².